The molecule has 1 amide bonds. The van der Waals surface area contributed by atoms with Crippen LogP contribution in [0.25, 0.3) is 0 Å². The Morgan fingerprint density at radius 2 is 1.76 bits per heavy atom. The number of hydrogen-bond donors (Lipinski definition) is 2. The topological polar surface area (TPSA) is 44.4 Å². The van der Waals surface area contributed by atoms with Gasteiger partial charge in [-0.3, -0.25) is 4.79 Å². The Balaban J connectivity index is 3.69. The summed E-state index contributed by atoms with van der Waals surface area (Å²) < 4.78 is 0. The van der Waals surface area contributed by atoms with Gasteiger partial charge < -0.3 is 15.5 Å². The van der Waals surface area contributed by atoms with Crippen LogP contribution in [0.3, 0.4) is 0 Å². The standard InChI is InChI=1S/C13H29N3O/c1-10(2)12(4)15-13(17)9-14-11(3)7-8-16(5)6/h10-12,14H,7-9H2,1-6H3,(H,15,17). The van der Waals surface area contributed by atoms with Gasteiger partial charge in [0.25, 0.3) is 0 Å². The van der Waals surface area contributed by atoms with Gasteiger partial charge in [0.2, 0.25) is 5.91 Å². The van der Waals surface area contributed by atoms with E-state index in [4.69, 9.17) is 0 Å². The van der Waals surface area contributed by atoms with Gasteiger partial charge in [0, 0.05) is 12.1 Å². The van der Waals surface area contributed by atoms with Crippen molar-refractivity contribution in [1.29, 1.82) is 0 Å². The molecule has 0 aliphatic heterocycles. The van der Waals surface area contributed by atoms with Crippen LogP contribution in [-0.2, 0) is 4.79 Å². The minimum Gasteiger partial charge on any atom is -0.352 e. The molecule has 0 fully saturated rings. The predicted molar refractivity (Wildman–Crippen MR) is 73.1 cm³/mol. The van der Waals surface area contributed by atoms with Gasteiger partial charge in [0.1, 0.15) is 0 Å². The lowest BCUT2D eigenvalue weighted by molar-refractivity contribution is -0.121. The molecule has 2 N–H and O–H groups in total. The molecular weight excluding hydrogens is 214 g/mol. The van der Waals surface area contributed by atoms with Crippen molar-refractivity contribution in [3.8, 4) is 0 Å². The lowest BCUT2D eigenvalue weighted by Crippen LogP contribution is -2.43. The lowest BCUT2D eigenvalue weighted by atomic mass is 10.1. The molecule has 0 aliphatic rings. The normalized spacial score (nSPS) is 15.1. The number of carbonyl (C=O) groups excluding carboxylic acids is 1. The van der Waals surface area contributed by atoms with Crippen molar-refractivity contribution in [2.45, 2.75) is 46.2 Å². The van der Waals surface area contributed by atoms with Crippen LogP contribution in [-0.4, -0.2) is 50.1 Å². The van der Waals surface area contributed by atoms with Crippen molar-refractivity contribution in [3.05, 3.63) is 0 Å². The summed E-state index contributed by atoms with van der Waals surface area (Å²) in [4.78, 5) is 13.8. The monoisotopic (exact) mass is 243 g/mol. The number of hydrogen-bond acceptors (Lipinski definition) is 3. The van der Waals surface area contributed by atoms with Crippen LogP contribution in [0.2, 0.25) is 0 Å². The number of rotatable bonds is 8. The Labute approximate surface area is 106 Å². The van der Waals surface area contributed by atoms with Crippen molar-refractivity contribution in [3.63, 3.8) is 0 Å². The second-order valence-corrected chi connectivity index (χ2v) is 5.47. The maximum Gasteiger partial charge on any atom is 0.234 e. The van der Waals surface area contributed by atoms with Gasteiger partial charge in [-0.1, -0.05) is 13.8 Å². The maximum absolute atomic E-state index is 11.6. The summed E-state index contributed by atoms with van der Waals surface area (Å²) in [6.45, 7) is 9.82. The molecule has 17 heavy (non-hydrogen) atoms. The third-order valence-corrected chi connectivity index (χ3v) is 3.01. The second kappa shape index (κ2) is 8.48. The molecule has 0 aromatic carbocycles. The van der Waals surface area contributed by atoms with Crippen LogP contribution in [0.15, 0.2) is 0 Å². The Hall–Kier alpha value is -0.610. The van der Waals surface area contributed by atoms with E-state index >= 15 is 0 Å². The quantitative estimate of drug-likeness (QED) is 0.670. The maximum atomic E-state index is 11.6. The smallest absolute Gasteiger partial charge is 0.234 e. The van der Waals surface area contributed by atoms with Crippen LogP contribution >= 0.6 is 0 Å². The van der Waals surface area contributed by atoms with E-state index in [0.29, 0.717) is 18.5 Å². The van der Waals surface area contributed by atoms with Crippen LogP contribution < -0.4 is 10.6 Å². The largest absolute Gasteiger partial charge is 0.352 e. The molecule has 0 saturated carbocycles. The predicted octanol–water partition coefficient (Wildman–Crippen LogP) is 1.08. The molecular formula is C13H29N3O. The highest BCUT2D eigenvalue weighted by Crippen LogP contribution is 1.99. The van der Waals surface area contributed by atoms with Gasteiger partial charge in [0.15, 0.2) is 0 Å². The molecule has 2 unspecified atom stereocenters. The highest BCUT2D eigenvalue weighted by atomic mass is 16.1. The Morgan fingerprint density at radius 3 is 2.24 bits per heavy atom. The number of nitrogens with zero attached hydrogens (tertiary/aromatic N) is 1. The molecule has 2 atom stereocenters. The van der Waals surface area contributed by atoms with E-state index in [9.17, 15) is 4.79 Å². The summed E-state index contributed by atoms with van der Waals surface area (Å²) in [5, 5.41) is 6.23. The van der Waals surface area contributed by atoms with Crippen molar-refractivity contribution in [1.82, 2.24) is 15.5 Å². The molecule has 0 aromatic rings. The van der Waals surface area contributed by atoms with Crippen molar-refractivity contribution < 1.29 is 4.79 Å². The first-order valence-corrected chi connectivity index (χ1v) is 6.50. The third-order valence-electron chi connectivity index (χ3n) is 3.01. The van der Waals surface area contributed by atoms with Gasteiger partial charge in [-0.15, -0.1) is 0 Å². The summed E-state index contributed by atoms with van der Waals surface area (Å²) in [5.41, 5.74) is 0. The van der Waals surface area contributed by atoms with Gasteiger partial charge in [-0.05, 0) is 46.8 Å². The van der Waals surface area contributed by atoms with E-state index in [1.54, 1.807) is 0 Å². The Morgan fingerprint density at radius 1 is 1.18 bits per heavy atom. The zero-order valence-electron chi connectivity index (χ0n) is 12.2. The minimum absolute atomic E-state index is 0.0860. The van der Waals surface area contributed by atoms with Crippen molar-refractivity contribution in [2.24, 2.45) is 5.92 Å². The summed E-state index contributed by atoms with van der Waals surface area (Å²) in [5.74, 6) is 0.563. The summed E-state index contributed by atoms with van der Waals surface area (Å²) >= 11 is 0. The summed E-state index contributed by atoms with van der Waals surface area (Å²) in [6, 6.07) is 0.610. The Kier molecular flexibility index (Phi) is 8.17. The molecule has 4 nitrogen and oxygen atoms in total. The van der Waals surface area contributed by atoms with E-state index in [1.165, 1.54) is 0 Å². The van der Waals surface area contributed by atoms with E-state index in [-0.39, 0.29) is 11.9 Å². The highest BCUT2D eigenvalue weighted by Gasteiger charge is 2.11. The molecule has 0 aromatic heterocycles. The van der Waals surface area contributed by atoms with Crippen LogP contribution in [0.1, 0.15) is 34.1 Å². The van der Waals surface area contributed by atoms with Gasteiger partial charge in [0.05, 0.1) is 6.54 Å². The van der Waals surface area contributed by atoms with Crippen molar-refractivity contribution in [2.75, 3.05) is 27.2 Å². The third kappa shape index (κ3) is 9.12. The fourth-order valence-corrected chi connectivity index (χ4v) is 1.29. The SMILES string of the molecule is CC(CCN(C)C)NCC(=O)NC(C)C(C)C. The molecule has 0 radical (unpaired) electrons. The van der Waals surface area contributed by atoms with Crippen LogP contribution in [0.5, 0.6) is 0 Å². The lowest BCUT2D eigenvalue weighted by Gasteiger charge is -2.19. The van der Waals surface area contributed by atoms with Gasteiger partial charge in [-0.2, -0.15) is 0 Å². The first kappa shape index (κ1) is 16.4. The molecule has 0 aliphatic carbocycles. The minimum atomic E-state index is 0.0860. The summed E-state index contributed by atoms with van der Waals surface area (Å²) in [7, 11) is 4.12. The van der Waals surface area contributed by atoms with E-state index < -0.39 is 0 Å². The first-order chi connectivity index (χ1) is 7.82. The number of carbonyl (C=O) groups is 1. The molecule has 0 rings (SSSR count). The number of amides is 1. The van der Waals surface area contributed by atoms with Crippen molar-refractivity contribution >= 4 is 5.91 Å². The first-order valence-electron chi connectivity index (χ1n) is 6.50. The second-order valence-electron chi connectivity index (χ2n) is 5.47. The van der Waals surface area contributed by atoms with E-state index in [1.807, 2.05) is 6.92 Å². The zero-order valence-corrected chi connectivity index (χ0v) is 12.2. The van der Waals surface area contributed by atoms with Gasteiger partial charge >= 0.3 is 0 Å². The Bertz CT molecular complexity index is 217. The molecule has 0 saturated heterocycles. The molecule has 0 bridgehead atoms. The zero-order chi connectivity index (χ0) is 13.4. The fourth-order valence-electron chi connectivity index (χ4n) is 1.29. The van der Waals surface area contributed by atoms with Gasteiger partial charge in [-0.25, -0.2) is 0 Å². The van der Waals surface area contributed by atoms with Crippen LogP contribution in [0, 0.1) is 5.92 Å². The molecule has 102 valence electrons. The molecule has 0 heterocycles. The highest BCUT2D eigenvalue weighted by molar-refractivity contribution is 5.78. The van der Waals surface area contributed by atoms with E-state index in [2.05, 4.69) is 50.4 Å². The summed E-state index contributed by atoms with van der Waals surface area (Å²) in [6.07, 6.45) is 1.06. The average molecular weight is 243 g/mol. The molecule has 4 heteroatoms. The van der Waals surface area contributed by atoms with E-state index in [0.717, 1.165) is 13.0 Å². The molecule has 0 spiro atoms. The fraction of sp³-hybridized carbons (Fsp3) is 0.923. The van der Waals surface area contributed by atoms with Crippen LogP contribution in [0.4, 0.5) is 0 Å². The number of nitrogens with one attached hydrogen (secondary N) is 2. The average Bonchev–Trinajstić information content (AvgIpc) is 2.23.